The summed E-state index contributed by atoms with van der Waals surface area (Å²) in [6.45, 7) is 12.9. The van der Waals surface area contributed by atoms with Crippen LogP contribution >= 0.6 is 0 Å². The Morgan fingerprint density at radius 3 is 2.11 bits per heavy atom. The van der Waals surface area contributed by atoms with Crippen LogP contribution in [-0.2, 0) is 16.0 Å². The van der Waals surface area contributed by atoms with E-state index in [1.54, 1.807) is 0 Å². The average Bonchev–Trinajstić information content (AvgIpc) is 3.57. The van der Waals surface area contributed by atoms with Gasteiger partial charge in [-0.15, -0.1) is 0 Å². The molecule has 0 atom stereocenters. The summed E-state index contributed by atoms with van der Waals surface area (Å²) < 4.78 is 4.92. The Hall–Kier alpha value is -3.93. The molecular formula is C32H36N4O2. The number of fused-ring (bicyclic) bond motifs is 8. The quantitative estimate of drug-likeness (QED) is 0.346. The normalized spacial score (nSPS) is 13.4. The van der Waals surface area contributed by atoms with E-state index in [2.05, 4.69) is 81.8 Å². The van der Waals surface area contributed by atoms with Crippen molar-refractivity contribution >= 4 is 50.3 Å². The molecule has 6 nitrogen and oxygen atoms in total. The molecule has 3 aromatic heterocycles. The minimum atomic E-state index is -0.221. The van der Waals surface area contributed by atoms with Gasteiger partial charge in [0.25, 0.3) is 0 Å². The maximum atomic E-state index is 12.0. The number of nitrogens with zero attached hydrogens (tertiary/aromatic N) is 2. The molecule has 3 aromatic rings. The van der Waals surface area contributed by atoms with Gasteiger partial charge in [0.2, 0.25) is 0 Å². The molecule has 5 heterocycles. The lowest BCUT2D eigenvalue weighted by molar-refractivity contribution is -0.140. The van der Waals surface area contributed by atoms with Gasteiger partial charge in [-0.3, -0.25) is 4.79 Å². The molecule has 0 amide bonds. The van der Waals surface area contributed by atoms with Crippen molar-refractivity contribution < 1.29 is 9.53 Å². The largest absolute Gasteiger partial charge is 0.469 e. The van der Waals surface area contributed by atoms with Crippen LogP contribution in [0.1, 0.15) is 86.4 Å². The number of carbonyl (C=O) groups excluding carboxylic acids is 1. The topological polar surface area (TPSA) is 83.7 Å². The van der Waals surface area contributed by atoms with Crippen molar-refractivity contribution in [1.29, 1.82) is 0 Å². The third kappa shape index (κ3) is 4.49. The highest BCUT2D eigenvalue weighted by Gasteiger charge is 2.21. The molecule has 2 aliphatic heterocycles. The maximum Gasteiger partial charge on any atom is 0.305 e. The molecule has 8 bridgehead atoms. The predicted molar refractivity (Wildman–Crippen MR) is 156 cm³/mol. The number of carbonyl (C=O) groups is 1. The Labute approximate surface area is 223 Å². The van der Waals surface area contributed by atoms with Crippen molar-refractivity contribution in [2.75, 3.05) is 7.11 Å². The average molecular weight is 509 g/mol. The first-order chi connectivity index (χ1) is 18.2. The smallest absolute Gasteiger partial charge is 0.305 e. The zero-order chi connectivity index (χ0) is 27.1. The zero-order valence-corrected chi connectivity index (χ0v) is 23.4. The summed E-state index contributed by atoms with van der Waals surface area (Å²) >= 11 is 0. The van der Waals surface area contributed by atoms with Crippen LogP contribution in [0.15, 0.2) is 30.3 Å². The molecule has 5 rings (SSSR count). The number of esters is 1. The van der Waals surface area contributed by atoms with Gasteiger partial charge in [-0.05, 0) is 116 Å². The Kier molecular flexibility index (Phi) is 6.82. The van der Waals surface area contributed by atoms with E-state index in [1.165, 1.54) is 29.4 Å². The Bertz CT molecular complexity index is 1680. The molecule has 0 fully saturated rings. The van der Waals surface area contributed by atoms with Crippen molar-refractivity contribution in [2.45, 2.75) is 67.2 Å². The van der Waals surface area contributed by atoms with Gasteiger partial charge in [0, 0.05) is 28.5 Å². The van der Waals surface area contributed by atoms with Gasteiger partial charge in [0.05, 0.1) is 29.9 Å². The first kappa shape index (κ1) is 25.7. The number of nitrogens with one attached hydrogen (secondary N) is 2. The standard InChI is InChI=1S/C32H36N4O2/c1-8-22-19(5)28-16-31-23(9-2)18(4)26(35-31)15-27-20(6)24(10-11-32(37)38-7)29(34-27)13-21-12-17(3)25(33-21)14-30(22)36-28/h12-16,33,36H,8-11H2,1-7H3. The maximum absolute atomic E-state index is 12.0. The van der Waals surface area contributed by atoms with Crippen molar-refractivity contribution in [2.24, 2.45) is 0 Å². The van der Waals surface area contributed by atoms with Gasteiger partial charge >= 0.3 is 5.97 Å². The molecule has 0 aromatic carbocycles. The number of aromatic amines is 2. The van der Waals surface area contributed by atoms with E-state index < -0.39 is 0 Å². The number of allylic oxidation sites excluding steroid dienone is 4. The summed E-state index contributed by atoms with van der Waals surface area (Å²) in [4.78, 5) is 29.4. The van der Waals surface area contributed by atoms with Crippen LogP contribution in [0, 0.1) is 13.8 Å². The third-order valence-corrected chi connectivity index (χ3v) is 7.95. The summed E-state index contributed by atoms with van der Waals surface area (Å²) in [6, 6.07) is 10.7. The van der Waals surface area contributed by atoms with E-state index >= 15 is 0 Å². The lowest BCUT2D eigenvalue weighted by Gasteiger charge is -2.03. The highest BCUT2D eigenvalue weighted by atomic mass is 16.5. The minimum absolute atomic E-state index is 0.221. The van der Waals surface area contributed by atoms with E-state index in [4.69, 9.17) is 14.7 Å². The first-order valence-corrected chi connectivity index (χ1v) is 13.4. The number of aromatic nitrogens is 4. The van der Waals surface area contributed by atoms with Crippen LogP contribution in [0.5, 0.6) is 0 Å². The molecule has 0 radical (unpaired) electrons. The van der Waals surface area contributed by atoms with Crippen LogP contribution in [0.25, 0.3) is 44.4 Å². The fourth-order valence-corrected chi connectivity index (χ4v) is 5.66. The van der Waals surface area contributed by atoms with E-state index in [-0.39, 0.29) is 5.97 Å². The highest BCUT2D eigenvalue weighted by Crippen LogP contribution is 2.37. The molecule has 196 valence electrons. The number of ether oxygens (including phenoxy) is 1. The third-order valence-electron chi connectivity index (χ3n) is 7.95. The van der Waals surface area contributed by atoms with Crippen LogP contribution in [0.3, 0.4) is 0 Å². The summed E-state index contributed by atoms with van der Waals surface area (Å²) in [5.41, 5.74) is 16.3. The molecule has 0 saturated heterocycles. The second-order valence-corrected chi connectivity index (χ2v) is 10.2. The Morgan fingerprint density at radius 2 is 1.45 bits per heavy atom. The van der Waals surface area contributed by atoms with Crippen molar-refractivity contribution in [3.63, 3.8) is 0 Å². The van der Waals surface area contributed by atoms with E-state index in [9.17, 15) is 4.79 Å². The number of H-pyrrole nitrogens is 2. The van der Waals surface area contributed by atoms with E-state index in [1.807, 2.05) is 0 Å². The minimum Gasteiger partial charge on any atom is -0.469 e. The molecule has 0 unspecified atom stereocenters. The van der Waals surface area contributed by atoms with Crippen molar-refractivity contribution in [1.82, 2.24) is 19.9 Å². The van der Waals surface area contributed by atoms with Gasteiger partial charge in [-0.1, -0.05) is 13.8 Å². The number of methoxy groups -OCH3 is 1. The molecule has 2 aliphatic rings. The Balaban J connectivity index is 1.87. The van der Waals surface area contributed by atoms with Crippen molar-refractivity contribution in [3.05, 3.63) is 69.8 Å². The van der Waals surface area contributed by atoms with Crippen LogP contribution in [0.2, 0.25) is 0 Å². The summed E-state index contributed by atoms with van der Waals surface area (Å²) in [5, 5.41) is 0. The van der Waals surface area contributed by atoms with Crippen LogP contribution in [-0.4, -0.2) is 33.0 Å². The molecule has 6 heteroatoms. The highest BCUT2D eigenvalue weighted by molar-refractivity contribution is 5.95. The van der Waals surface area contributed by atoms with Crippen molar-refractivity contribution in [3.8, 4) is 0 Å². The summed E-state index contributed by atoms with van der Waals surface area (Å²) in [5.74, 6) is -0.221. The second kappa shape index (κ2) is 10.1. The number of hydrogen-bond acceptors (Lipinski definition) is 4. The van der Waals surface area contributed by atoms with Crippen LogP contribution < -0.4 is 0 Å². The molecule has 0 aliphatic carbocycles. The SMILES string of the molecule is CCC1=C(C)c2cc3nc(cc4cc(C)c(cc5[nH]c(cc1n2)c(C)c5CC)[nH]4)C(CCC(=O)OC)=C3C. The van der Waals surface area contributed by atoms with Gasteiger partial charge in [0.15, 0.2) is 0 Å². The second-order valence-electron chi connectivity index (χ2n) is 10.2. The lowest BCUT2D eigenvalue weighted by atomic mass is 10.0. The Morgan fingerprint density at radius 1 is 0.763 bits per heavy atom. The lowest BCUT2D eigenvalue weighted by Crippen LogP contribution is -2.00. The van der Waals surface area contributed by atoms with Gasteiger partial charge in [-0.2, -0.15) is 0 Å². The zero-order valence-electron chi connectivity index (χ0n) is 23.4. The molecule has 0 spiro atoms. The molecule has 2 N–H and O–H groups in total. The van der Waals surface area contributed by atoms with E-state index in [0.717, 1.165) is 74.4 Å². The fourth-order valence-electron chi connectivity index (χ4n) is 5.66. The fraction of sp³-hybridized carbons (Fsp3) is 0.344. The van der Waals surface area contributed by atoms with Crippen LogP contribution in [0.4, 0.5) is 0 Å². The first-order valence-electron chi connectivity index (χ1n) is 13.4. The van der Waals surface area contributed by atoms with E-state index in [0.29, 0.717) is 12.8 Å². The number of rotatable bonds is 5. The predicted octanol–water partition coefficient (Wildman–Crippen LogP) is 7.72. The van der Waals surface area contributed by atoms with Gasteiger partial charge in [0.1, 0.15) is 0 Å². The number of aryl methyl sites for hydroxylation is 3. The van der Waals surface area contributed by atoms with Gasteiger partial charge in [-0.25, -0.2) is 9.97 Å². The summed E-state index contributed by atoms with van der Waals surface area (Å²) in [6.07, 6.45) is 2.73. The summed E-state index contributed by atoms with van der Waals surface area (Å²) in [7, 11) is 1.43. The molecule has 38 heavy (non-hydrogen) atoms. The molecule has 0 saturated carbocycles. The molecular weight excluding hydrogens is 472 g/mol. The monoisotopic (exact) mass is 508 g/mol. The van der Waals surface area contributed by atoms with Gasteiger partial charge < -0.3 is 14.7 Å². The number of hydrogen-bond donors (Lipinski definition) is 2.